The molecule has 1 aliphatic rings. The van der Waals surface area contributed by atoms with E-state index < -0.39 is 0 Å². The number of allylic oxidation sites excluding steroid dienone is 1. The van der Waals surface area contributed by atoms with Crippen molar-refractivity contribution < 1.29 is 0 Å². The topological polar surface area (TPSA) is 12.0 Å². The van der Waals surface area contributed by atoms with Crippen LogP contribution in [0.4, 0.5) is 0 Å². The van der Waals surface area contributed by atoms with Crippen LogP contribution in [0.3, 0.4) is 0 Å². The van der Waals surface area contributed by atoms with Crippen molar-refractivity contribution in [3.8, 4) is 0 Å². The van der Waals surface area contributed by atoms with E-state index >= 15 is 0 Å². The van der Waals surface area contributed by atoms with Crippen LogP contribution in [0.2, 0.25) is 10.0 Å². The highest BCUT2D eigenvalue weighted by atomic mass is 35.5. The van der Waals surface area contributed by atoms with Gasteiger partial charge in [-0.25, -0.2) is 0 Å². The minimum Gasteiger partial charge on any atom is -0.316 e. The van der Waals surface area contributed by atoms with Gasteiger partial charge < -0.3 is 5.32 Å². The summed E-state index contributed by atoms with van der Waals surface area (Å²) in [5.74, 6) is 0. The second kappa shape index (κ2) is 5.43. The molecule has 1 heterocycles. The quantitative estimate of drug-likeness (QED) is 0.812. The van der Waals surface area contributed by atoms with E-state index in [0.717, 1.165) is 19.5 Å². The van der Waals surface area contributed by atoms with Gasteiger partial charge in [-0.1, -0.05) is 35.3 Å². The van der Waals surface area contributed by atoms with Crippen molar-refractivity contribution in [3.05, 3.63) is 46.5 Å². The summed E-state index contributed by atoms with van der Waals surface area (Å²) in [4.78, 5) is 0. The number of rotatable bonds is 3. The number of nitrogens with one attached hydrogen (secondary N) is 1. The highest BCUT2D eigenvalue weighted by Crippen LogP contribution is 2.37. The second-order valence-corrected chi connectivity index (χ2v) is 5.50. The van der Waals surface area contributed by atoms with Gasteiger partial charge in [0.15, 0.2) is 0 Å². The minimum atomic E-state index is 0.133. The van der Waals surface area contributed by atoms with E-state index in [2.05, 4.69) is 18.0 Å². The second-order valence-electron chi connectivity index (χ2n) is 4.68. The van der Waals surface area contributed by atoms with Crippen LogP contribution in [0.25, 0.3) is 0 Å². The molecule has 2 rings (SSSR count). The standard InChI is InChI=1S/C14H17Cl2N/c1-2-6-14(7-3-8-17-10-14)11-4-5-12(15)13(16)9-11/h2,4-5,9,17H,1,3,6-8,10H2/t14-/m0/s1. The Hall–Kier alpha value is -0.500. The number of hydrogen-bond acceptors (Lipinski definition) is 1. The molecular formula is C14H17Cl2N. The molecule has 1 N–H and O–H groups in total. The Morgan fingerprint density at radius 3 is 2.76 bits per heavy atom. The molecule has 1 aromatic carbocycles. The van der Waals surface area contributed by atoms with E-state index in [1.807, 2.05) is 18.2 Å². The molecular weight excluding hydrogens is 253 g/mol. The average molecular weight is 270 g/mol. The summed E-state index contributed by atoms with van der Waals surface area (Å²) in [5, 5.41) is 4.72. The molecule has 3 heteroatoms. The molecule has 92 valence electrons. The third kappa shape index (κ3) is 2.67. The lowest BCUT2D eigenvalue weighted by Crippen LogP contribution is -2.43. The molecule has 0 unspecified atom stereocenters. The maximum atomic E-state index is 6.12. The summed E-state index contributed by atoms with van der Waals surface area (Å²) in [6.07, 6.45) is 5.32. The lowest BCUT2D eigenvalue weighted by Gasteiger charge is -2.37. The molecule has 0 aromatic heterocycles. The van der Waals surface area contributed by atoms with Gasteiger partial charge in [-0.3, -0.25) is 0 Å². The molecule has 0 amide bonds. The van der Waals surface area contributed by atoms with Crippen LogP contribution in [-0.2, 0) is 5.41 Å². The summed E-state index contributed by atoms with van der Waals surface area (Å²) >= 11 is 12.1. The molecule has 1 aliphatic heterocycles. The van der Waals surface area contributed by atoms with Crippen LogP contribution in [-0.4, -0.2) is 13.1 Å². The highest BCUT2D eigenvalue weighted by Gasteiger charge is 2.32. The lowest BCUT2D eigenvalue weighted by molar-refractivity contribution is 0.315. The molecule has 0 saturated carbocycles. The first-order valence-electron chi connectivity index (χ1n) is 5.95. The van der Waals surface area contributed by atoms with Crippen LogP contribution in [0.5, 0.6) is 0 Å². The fourth-order valence-electron chi connectivity index (χ4n) is 2.61. The summed E-state index contributed by atoms with van der Waals surface area (Å²) in [7, 11) is 0. The van der Waals surface area contributed by atoms with Crippen molar-refractivity contribution in [2.45, 2.75) is 24.7 Å². The Balaban J connectivity index is 2.37. The van der Waals surface area contributed by atoms with E-state index in [4.69, 9.17) is 23.2 Å². The zero-order chi connectivity index (χ0) is 12.3. The molecule has 1 aromatic rings. The third-order valence-electron chi connectivity index (χ3n) is 3.54. The SMILES string of the molecule is C=CC[C@]1(c2ccc(Cl)c(Cl)c2)CCCNC1. The molecule has 0 spiro atoms. The van der Waals surface area contributed by atoms with Gasteiger partial charge >= 0.3 is 0 Å². The summed E-state index contributed by atoms with van der Waals surface area (Å²) in [5.41, 5.74) is 1.40. The van der Waals surface area contributed by atoms with E-state index in [1.54, 1.807) is 0 Å². The Morgan fingerprint density at radius 1 is 1.35 bits per heavy atom. The van der Waals surface area contributed by atoms with Gasteiger partial charge in [0, 0.05) is 12.0 Å². The fourth-order valence-corrected chi connectivity index (χ4v) is 2.91. The van der Waals surface area contributed by atoms with Crippen LogP contribution < -0.4 is 5.32 Å². The Kier molecular flexibility index (Phi) is 4.13. The van der Waals surface area contributed by atoms with Gasteiger partial charge in [-0.2, -0.15) is 0 Å². The van der Waals surface area contributed by atoms with Crippen molar-refractivity contribution in [1.29, 1.82) is 0 Å². The fraction of sp³-hybridized carbons (Fsp3) is 0.429. The van der Waals surface area contributed by atoms with Gasteiger partial charge in [-0.15, -0.1) is 6.58 Å². The smallest absolute Gasteiger partial charge is 0.0595 e. The van der Waals surface area contributed by atoms with E-state index in [0.29, 0.717) is 10.0 Å². The van der Waals surface area contributed by atoms with Gasteiger partial charge in [-0.05, 0) is 43.5 Å². The molecule has 1 atom stereocenters. The van der Waals surface area contributed by atoms with Crippen LogP contribution in [0, 0.1) is 0 Å². The molecule has 0 radical (unpaired) electrons. The monoisotopic (exact) mass is 269 g/mol. The Bertz CT molecular complexity index is 409. The van der Waals surface area contributed by atoms with E-state index in [9.17, 15) is 0 Å². The molecule has 17 heavy (non-hydrogen) atoms. The van der Waals surface area contributed by atoms with Crippen LogP contribution >= 0.6 is 23.2 Å². The first-order valence-corrected chi connectivity index (χ1v) is 6.71. The highest BCUT2D eigenvalue weighted by molar-refractivity contribution is 6.42. The van der Waals surface area contributed by atoms with E-state index in [1.165, 1.54) is 18.4 Å². The maximum absolute atomic E-state index is 6.12. The number of piperidine rings is 1. The molecule has 1 nitrogen and oxygen atoms in total. The largest absolute Gasteiger partial charge is 0.316 e. The molecule has 1 fully saturated rings. The molecule has 0 aliphatic carbocycles. The average Bonchev–Trinajstić information content (AvgIpc) is 2.34. The number of halogens is 2. The predicted molar refractivity (Wildman–Crippen MR) is 75.1 cm³/mol. The van der Waals surface area contributed by atoms with E-state index in [-0.39, 0.29) is 5.41 Å². The van der Waals surface area contributed by atoms with Crippen molar-refractivity contribution in [1.82, 2.24) is 5.32 Å². The zero-order valence-electron chi connectivity index (χ0n) is 9.81. The maximum Gasteiger partial charge on any atom is 0.0595 e. The van der Waals surface area contributed by atoms with Crippen molar-refractivity contribution in [2.24, 2.45) is 0 Å². The zero-order valence-corrected chi connectivity index (χ0v) is 11.3. The van der Waals surface area contributed by atoms with Crippen LogP contribution in [0.15, 0.2) is 30.9 Å². The third-order valence-corrected chi connectivity index (χ3v) is 4.28. The lowest BCUT2D eigenvalue weighted by atomic mass is 9.72. The molecule has 0 bridgehead atoms. The van der Waals surface area contributed by atoms with Gasteiger partial charge in [0.25, 0.3) is 0 Å². The van der Waals surface area contributed by atoms with Crippen LogP contribution in [0.1, 0.15) is 24.8 Å². The summed E-state index contributed by atoms with van der Waals surface area (Å²) in [6, 6.07) is 5.98. The predicted octanol–water partition coefficient (Wildman–Crippen LogP) is 4.19. The Labute approximate surface area is 113 Å². The van der Waals surface area contributed by atoms with Gasteiger partial charge in [0.1, 0.15) is 0 Å². The van der Waals surface area contributed by atoms with Gasteiger partial charge in [0.2, 0.25) is 0 Å². The van der Waals surface area contributed by atoms with Gasteiger partial charge in [0.05, 0.1) is 10.0 Å². The molecule has 1 saturated heterocycles. The number of benzene rings is 1. The summed E-state index contributed by atoms with van der Waals surface area (Å²) < 4.78 is 0. The summed E-state index contributed by atoms with van der Waals surface area (Å²) in [6.45, 7) is 5.96. The van der Waals surface area contributed by atoms with Crippen molar-refractivity contribution >= 4 is 23.2 Å². The number of hydrogen-bond donors (Lipinski definition) is 1. The normalized spacial score (nSPS) is 24.6. The minimum absolute atomic E-state index is 0.133. The van der Waals surface area contributed by atoms with Crippen molar-refractivity contribution in [3.63, 3.8) is 0 Å². The van der Waals surface area contributed by atoms with Crippen molar-refractivity contribution in [2.75, 3.05) is 13.1 Å². The first kappa shape index (κ1) is 12.9. The Morgan fingerprint density at radius 2 is 2.18 bits per heavy atom. The first-order chi connectivity index (χ1) is 8.18.